The summed E-state index contributed by atoms with van der Waals surface area (Å²) in [5, 5.41) is 1.70. The second-order valence-corrected chi connectivity index (χ2v) is 5.43. The molecule has 2 rings (SSSR count). The molecule has 0 fully saturated rings. The highest BCUT2D eigenvalue weighted by molar-refractivity contribution is 6.38. The maximum atomic E-state index is 11.7. The van der Waals surface area contributed by atoms with Crippen molar-refractivity contribution in [2.24, 2.45) is 0 Å². The smallest absolute Gasteiger partial charge is 0.160 e. The van der Waals surface area contributed by atoms with Crippen LogP contribution < -0.4 is 0 Å². The minimum absolute atomic E-state index is 0.0115. The number of hydrogen-bond acceptors (Lipinski definition) is 2. The van der Waals surface area contributed by atoms with E-state index < -0.39 is 0 Å². The van der Waals surface area contributed by atoms with Crippen molar-refractivity contribution in [1.29, 1.82) is 0 Å². The lowest BCUT2D eigenvalue weighted by atomic mass is 10.0. The Balaban J connectivity index is 2.90. The summed E-state index contributed by atoms with van der Waals surface area (Å²) in [7, 11) is 0. The Kier molecular flexibility index (Phi) is 3.60. The fourth-order valence-corrected chi connectivity index (χ4v) is 2.39. The first kappa shape index (κ1) is 13.3. The lowest BCUT2D eigenvalue weighted by Crippen LogP contribution is -2.01. The van der Waals surface area contributed by atoms with Crippen molar-refractivity contribution in [2.45, 2.75) is 26.7 Å². The van der Waals surface area contributed by atoms with Crippen LogP contribution in [0.4, 0.5) is 0 Å². The fourth-order valence-electron chi connectivity index (χ4n) is 1.86. The third-order valence-electron chi connectivity index (χ3n) is 2.82. The molecule has 1 aromatic heterocycles. The number of Topliss-reactive ketones (excluding diaryl/α,β-unsaturated/α-hetero) is 1. The molecule has 0 radical (unpaired) electrons. The second kappa shape index (κ2) is 4.87. The Bertz CT molecular complexity index is 635. The van der Waals surface area contributed by atoms with Gasteiger partial charge in [0.25, 0.3) is 0 Å². The maximum Gasteiger partial charge on any atom is 0.160 e. The molecular weight excluding hydrogens is 269 g/mol. The van der Waals surface area contributed by atoms with Gasteiger partial charge in [-0.05, 0) is 31.0 Å². The van der Waals surface area contributed by atoms with Gasteiger partial charge in [0.2, 0.25) is 0 Å². The zero-order chi connectivity index (χ0) is 13.4. The van der Waals surface area contributed by atoms with E-state index >= 15 is 0 Å². The topological polar surface area (TPSA) is 30.0 Å². The predicted molar refractivity (Wildman–Crippen MR) is 75.9 cm³/mol. The Morgan fingerprint density at radius 1 is 1.22 bits per heavy atom. The highest BCUT2D eigenvalue weighted by Gasteiger charge is 2.14. The van der Waals surface area contributed by atoms with E-state index in [4.69, 9.17) is 23.2 Å². The van der Waals surface area contributed by atoms with E-state index in [2.05, 4.69) is 4.98 Å². The van der Waals surface area contributed by atoms with E-state index in [1.165, 1.54) is 6.92 Å². The van der Waals surface area contributed by atoms with Gasteiger partial charge >= 0.3 is 0 Å². The highest BCUT2D eigenvalue weighted by atomic mass is 35.5. The average Bonchev–Trinajstić information content (AvgIpc) is 2.27. The van der Waals surface area contributed by atoms with Crippen molar-refractivity contribution in [1.82, 2.24) is 4.98 Å². The van der Waals surface area contributed by atoms with Gasteiger partial charge in [-0.1, -0.05) is 37.0 Å². The van der Waals surface area contributed by atoms with Gasteiger partial charge in [0.05, 0.1) is 10.5 Å². The quantitative estimate of drug-likeness (QED) is 0.736. The number of carbonyl (C=O) groups is 1. The van der Waals surface area contributed by atoms with Gasteiger partial charge in [-0.25, -0.2) is 0 Å². The molecule has 4 heteroatoms. The third kappa shape index (κ3) is 2.36. The van der Waals surface area contributed by atoms with Crippen molar-refractivity contribution in [2.75, 3.05) is 0 Å². The first-order valence-electron chi connectivity index (χ1n) is 5.70. The zero-order valence-electron chi connectivity index (χ0n) is 10.4. The van der Waals surface area contributed by atoms with Crippen LogP contribution in [-0.2, 0) is 0 Å². The van der Waals surface area contributed by atoms with Crippen LogP contribution in [0, 0.1) is 0 Å². The molecule has 0 aliphatic rings. The minimum Gasteiger partial charge on any atom is -0.294 e. The lowest BCUT2D eigenvalue weighted by Gasteiger charge is -2.11. The first-order chi connectivity index (χ1) is 8.40. The van der Waals surface area contributed by atoms with Crippen LogP contribution >= 0.6 is 23.2 Å². The lowest BCUT2D eigenvalue weighted by molar-refractivity contribution is 0.101. The zero-order valence-corrected chi connectivity index (χ0v) is 11.9. The van der Waals surface area contributed by atoms with Crippen LogP contribution in [0.3, 0.4) is 0 Å². The predicted octanol–water partition coefficient (Wildman–Crippen LogP) is 4.87. The van der Waals surface area contributed by atoms with E-state index in [1.807, 2.05) is 19.9 Å². The minimum atomic E-state index is -0.0115. The molecular formula is C14H13Cl2NO. The molecule has 0 aliphatic heterocycles. The van der Waals surface area contributed by atoms with Crippen LogP contribution in [0.5, 0.6) is 0 Å². The molecule has 1 aromatic carbocycles. The van der Waals surface area contributed by atoms with Gasteiger partial charge < -0.3 is 0 Å². The SMILES string of the molecule is CC(=O)c1cc(C(C)C)nc2c(Cl)cc(Cl)cc12. The van der Waals surface area contributed by atoms with Gasteiger partial charge in [0.1, 0.15) is 0 Å². The number of pyridine rings is 1. The van der Waals surface area contributed by atoms with Gasteiger partial charge in [0.15, 0.2) is 5.78 Å². The Hall–Kier alpha value is -1.12. The van der Waals surface area contributed by atoms with Crippen LogP contribution in [0.15, 0.2) is 18.2 Å². The molecule has 94 valence electrons. The van der Waals surface area contributed by atoms with Crippen LogP contribution in [0.25, 0.3) is 10.9 Å². The number of halogens is 2. The molecule has 1 heterocycles. The molecule has 0 saturated carbocycles. The fraction of sp³-hybridized carbons (Fsp3) is 0.286. The van der Waals surface area contributed by atoms with Crippen molar-refractivity contribution in [3.8, 4) is 0 Å². The number of carbonyl (C=O) groups excluding carboxylic acids is 1. The normalized spacial score (nSPS) is 11.2. The summed E-state index contributed by atoms with van der Waals surface area (Å²) < 4.78 is 0. The van der Waals surface area contributed by atoms with E-state index in [1.54, 1.807) is 12.1 Å². The summed E-state index contributed by atoms with van der Waals surface area (Å²) in [6.45, 7) is 5.59. The van der Waals surface area contributed by atoms with Gasteiger partial charge in [-0.15, -0.1) is 0 Å². The molecule has 0 atom stereocenters. The van der Waals surface area contributed by atoms with Crippen LogP contribution in [0.2, 0.25) is 10.0 Å². The van der Waals surface area contributed by atoms with Gasteiger partial charge in [-0.2, -0.15) is 0 Å². The Labute approximate surface area is 116 Å². The maximum absolute atomic E-state index is 11.7. The number of hydrogen-bond donors (Lipinski definition) is 0. The standard InChI is InChI=1S/C14H13Cl2NO/c1-7(2)13-6-10(8(3)18)11-4-9(15)5-12(16)14(11)17-13/h4-7H,1-3H3. The largest absolute Gasteiger partial charge is 0.294 e. The molecule has 0 saturated heterocycles. The number of ketones is 1. The Morgan fingerprint density at radius 2 is 1.89 bits per heavy atom. The van der Waals surface area contributed by atoms with Crippen LogP contribution in [0.1, 0.15) is 42.7 Å². The van der Waals surface area contributed by atoms with Crippen LogP contribution in [-0.4, -0.2) is 10.8 Å². The summed E-state index contributed by atoms with van der Waals surface area (Å²) in [5.41, 5.74) is 2.11. The molecule has 0 N–H and O–H groups in total. The summed E-state index contributed by atoms with van der Waals surface area (Å²) in [6.07, 6.45) is 0. The molecule has 0 aliphatic carbocycles. The molecule has 18 heavy (non-hydrogen) atoms. The molecule has 2 aromatic rings. The summed E-state index contributed by atoms with van der Waals surface area (Å²) in [4.78, 5) is 16.3. The van der Waals surface area contributed by atoms with Crippen molar-refractivity contribution in [3.05, 3.63) is 39.5 Å². The van der Waals surface area contributed by atoms with E-state index in [0.717, 1.165) is 5.69 Å². The molecule has 0 spiro atoms. The van der Waals surface area contributed by atoms with Crippen molar-refractivity contribution < 1.29 is 4.79 Å². The number of aromatic nitrogens is 1. The van der Waals surface area contributed by atoms with Gasteiger partial charge in [-0.3, -0.25) is 9.78 Å². The Morgan fingerprint density at radius 3 is 2.44 bits per heavy atom. The van der Waals surface area contributed by atoms with Crippen molar-refractivity contribution >= 4 is 39.9 Å². The summed E-state index contributed by atoms with van der Waals surface area (Å²) >= 11 is 12.1. The van der Waals surface area contributed by atoms with E-state index in [-0.39, 0.29) is 11.7 Å². The molecule has 0 unspecified atom stereocenters. The number of fused-ring (bicyclic) bond motifs is 1. The average molecular weight is 282 g/mol. The monoisotopic (exact) mass is 281 g/mol. The molecule has 0 amide bonds. The van der Waals surface area contributed by atoms with E-state index in [0.29, 0.717) is 26.5 Å². The molecule has 2 nitrogen and oxygen atoms in total. The van der Waals surface area contributed by atoms with Crippen molar-refractivity contribution in [3.63, 3.8) is 0 Å². The number of benzene rings is 1. The summed E-state index contributed by atoms with van der Waals surface area (Å²) in [6, 6.07) is 5.20. The van der Waals surface area contributed by atoms with Gasteiger partial charge in [0, 0.05) is 21.7 Å². The summed E-state index contributed by atoms with van der Waals surface area (Å²) in [5.74, 6) is 0.224. The third-order valence-corrected chi connectivity index (χ3v) is 3.33. The first-order valence-corrected chi connectivity index (χ1v) is 6.46. The van der Waals surface area contributed by atoms with E-state index in [9.17, 15) is 4.79 Å². The molecule has 0 bridgehead atoms. The number of nitrogens with zero attached hydrogens (tertiary/aromatic N) is 1. The second-order valence-electron chi connectivity index (χ2n) is 4.59. The highest BCUT2D eigenvalue weighted by Crippen LogP contribution is 2.31. The number of rotatable bonds is 2.